The lowest BCUT2D eigenvalue weighted by Crippen LogP contribution is -2.56. The maximum absolute atomic E-state index is 6.23. The maximum atomic E-state index is 6.23. The van der Waals surface area contributed by atoms with Gasteiger partial charge in [-0.1, -0.05) is 97.1 Å². The molecule has 8 aromatic rings. The van der Waals surface area contributed by atoms with Crippen LogP contribution in [0.5, 0.6) is 0 Å². The number of fused-ring (bicyclic) bond motifs is 3. The van der Waals surface area contributed by atoms with E-state index in [1.54, 1.807) is 0 Å². The molecule has 3 nitrogen and oxygen atoms in total. The number of para-hydroxylation sites is 4. The van der Waals surface area contributed by atoms with Gasteiger partial charge in [-0.2, -0.15) is 0 Å². The number of rotatable bonds is 8. The van der Waals surface area contributed by atoms with Crippen molar-refractivity contribution >= 4 is 56.1 Å². The van der Waals surface area contributed by atoms with Crippen LogP contribution in [0.2, 0.25) is 0 Å². The Balaban J connectivity index is 1.02. The van der Waals surface area contributed by atoms with Crippen LogP contribution in [0.1, 0.15) is 43.2 Å². The summed E-state index contributed by atoms with van der Waals surface area (Å²) in [6.45, 7) is 0. The summed E-state index contributed by atoms with van der Waals surface area (Å²) in [6, 6.07) is 66.7. The fourth-order valence-electron chi connectivity index (χ4n) is 11.3. The molecule has 4 fully saturated rings. The minimum Gasteiger partial charge on any atom is -0.456 e. The summed E-state index contributed by atoms with van der Waals surface area (Å²) < 4.78 is 6.23. The average Bonchev–Trinajstić information content (AvgIpc) is 3.61. The van der Waals surface area contributed by atoms with Crippen molar-refractivity contribution in [3.63, 3.8) is 0 Å². The quantitative estimate of drug-likeness (QED) is 0.156. The SMILES string of the molecule is c1ccc(N(c2ccccc2)c2ccc(C3(c4ccc(N(c5ccccc5)c5ccc6oc7ccccc7c6c5)cc4)C4CC5CC(C4)CC3C5)cc2)cc1. The van der Waals surface area contributed by atoms with E-state index in [0.29, 0.717) is 11.8 Å². The lowest BCUT2D eigenvalue weighted by molar-refractivity contribution is -0.0418. The van der Waals surface area contributed by atoms with Crippen LogP contribution in [0.25, 0.3) is 21.9 Å². The molecule has 1 heterocycles. The predicted molar refractivity (Wildman–Crippen MR) is 227 cm³/mol. The van der Waals surface area contributed by atoms with Crippen molar-refractivity contribution in [3.8, 4) is 0 Å². The third-order valence-corrected chi connectivity index (χ3v) is 13.3. The molecule has 268 valence electrons. The third kappa shape index (κ3) is 5.32. The third-order valence-electron chi connectivity index (χ3n) is 13.3. The van der Waals surface area contributed by atoms with Crippen LogP contribution in [0, 0.1) is 23.7 Å². The second kappa shape index (κ2) is 13.1. The summed E-state index contributed by atoms with van der Waals surface area (Å²) in [5.74, 6) is 3.07. The molecule has 4 saturated carbocycles. The van der Waals surface area contributed by atoms with Crippen molar-refractivity contribution in [2.45, 2.75) is 37.5 Å². The largest absolute Gasteiger partial charge is 0.456 e. The molecular weight excluding hydrogens is 669 g/mol. The van der Waals surface area contributed by atoms with Gasteiger partial charge in [-0.3, -0.25) is 0 Å². The van der Waals surface area contributed by atoms with Gasteiger partial charge >= 0.3 is 0 Å². The Morgan fingerprint density at radius 1 is 0.364 bits per heavy atom. The maximum Gasteiger partial charge on any atom is 0.135 e. The molecular formula is C52H44N2O. The summed E-state index contributed by atoms with van der Waals surface area (Å²) in [4.78, 5) is 4.77. The normalized spacial score (nSPS) is 22.6. The van der Waals surface area contributed by atoms with E-state index < -0.39 is 0 Å². The molecule has 3 heteroatoms. The molecule has 0 radical (unpaired) electrons. The highest BCUT2D eigenvalue weighted by Crippen LogP contribution is 2.65. The van der Waals surface area contributed by atoms with Crippen LogP contribution in [0.15, 0.2) is 186 Å². The van der Waals surface area contributed by atoms with E-state index in [1.807, 2.05) is 6.07 Å². The first-order valence-electron chi connectivity index (χ1n) is 20.1. The Bertz CT molecular complexity index is 2530. The van der Waals surface area contributed by atoms with Gasteiger partial charge in [0.1, 0.15) is 11.2 Å². The van der Waals surface area contributed by atoms with Gasteiger partial charge in [0, 0.05) is 50.3 Å². The van der Waals surface area contributed by atoms with Crippen molar-refractivity contribution in [2.24, 2.45) is 23.7 Å². The summed E-state index contributed by atoms with van der Waals surface area (Å²) >= 11 is 0. The smallest absolute Gasteiger partial charge is 0.135 e. The summed E-state index contributed by atoms with van der Waals surface area (Å²) in [7, 11) is 0. The molecule has 7 aromatic carbocycles. The second-order valence-corrected chi connectivity index (χ2v) is 16.2. The Morgan fingerprint density at radius 2 is 0.764 bits per heavy atom. The van der Waals surface area contributed by atoms with E-state index in [2.05, 4.69) is 186 Å². The lowest BCUT2D eigenvalue weighted by Gasteiger charge is -2.62. The molecule has 12 rings (SSSR count). The predicted octanol–water partition coefficient (Wildman–Crippen LogP) is 14.3. The first kappa shape index (κ1) is 32.4. The molecule has 0 N–H and O–H groups in total. The van der Waals surface area contributed by atoms with E-state index in [9.17, 15) is 0 Å². The topological polar surface area (TPSA) is 19.6 Å². The van der Waals surface area contributed by atoms with Crippen LogP contribution in [-0.4, -0.2) is 0 Å². The minimum absolute atomic E-state index is 0.000992. The van der Waals surface area contributed by atoms with Crippen LogP contribution in [-0.2, 0) is 5.41 Å². The second-order valence-electron chi connectivity index (χ2n) is 16.2. The Labute approximate surface area is 323 Å². The summed E-state index contributed by atoms with van der Waals surface area (Å²) in [5, 5.41) is 2.29. The van der Waals surface area contributed by atoms with Gasteiger partial charge in [-0.15, -0.1) is 0 Å². The molecule has 0 saturated heterocycles. The van der Waals surface area contributed by atoms with Gasteiger partial charge in [0.15, 0.2) is 0 Å². The van der Waals surface area contributed by atoms with Gasteiger partial charge in [0.05, 0.1) is 0 Å². The minimum atomic E-state index is 0.000992. The summed E-state index contributed by atoms with van der Waals surface area (Å²) in [6.07, 6.45) is 6.79. The van der Waals surface area contributed by atoms with Gasteiger partial charge in [0.2, 0.25) is 0 Å². The van der Waals surface area contributed by atoms with Crippen molar-refractivity contribution in [1.29, 1.82) is 0 Å². The van der Waals surface area contributed by atoms with E-state index in [4.69, 9.17) is 4.42 Å². The Kier molecular flexibility index (Phi) is 7.69. The van der Waals surface area contributed by atoms with Gasteiger partial charge in [-0.05, 0) is 152 Å². The van der Waals surface area contributed by atoms with Crippen molar-refractivity contribution in [2.75, 3.05) is 9.80 Å². The average molecular weight is 713 g/mol. The molecule has 0 aliphatic heterocycles. The summed E-state index contributed by atoms with van der Waals surface area (Å²) in [5.41, 5.74) is 11.8. The zero-order valence-electron chi connectivity index (χ0n) is 31.0. The number of benzene rings is 7. The Hall–Kier alpha value is -6.06. The number of nitrogens with zero attached hydrogens (tertiary/aromatic N) is 2. The number of furan rings is 1. The van der Waals surface area contributed by atoms with Crippen molar-refractivity contribution < 1.29 is 4.42 Å². The molecule has 4 bridgehead atoms. The number of hydrogen-bond donors (Lipinski definition) is 0. The van der Waals surface area contributed by atoms with E-state index in [-0.39, 0.29) is 5.41 Å². The molecule has 0 amide bonds. The van der Waals surface area contributed by atoms with Crippen LogP contribution >= 0.6 is 0 Å². The first-order chi connectivity index (χ1) is 27.2. The van der Waals surface area contributed by atoms with Crippen molar-refractivity contribution in [3.05, 3.63) is 193 Å². The zero-order valence-corrected chi connectivity index (χ0v) is 31.0. The number of hydrogen-bond acceptors (Lipinski definition) is 3. The first-order valence-corrected chi connectivity index (χ1v) is 20.1. The fraction of sp³-hybridized carbons (Fsp3) is 0.192. The van der Waals surface area contributed by atoms with E-state index >= 15 is 0 Å². The highest BCUT2D eigenvalue weighted by atomic mass is 16.3. The molecule has 4 aliphatic rings. The molecule has 0 atom stereocenters. The zero-order chi connectivity index (χ0) is 36.3. The standard InChI is InChI=1S/C52H44N2O/c1-4-12-42(13-5-1)53(43-14-6-2-7-15-43)45-24-20-38(21-25-45)52(40-31-36-30-37(33-40)34-41(52)32-36)39-22-26-46(27-23-39)54(44-16-8-3-9-17-44)47-28-29-51-49(35-47)48-18-10-11-19-50(48)55-51/h1-29,35-37,40-41H,30-34H2. The lowest BCUT2D eigenvalue weighted by atomic mass is 9.42. The molecule has 4 aliphatic carbocycles. The number of anilines is 6. The van der Waals surface area contributed by atoms with E-state index in [1.165, 1.54) is 60.3 Å². The Morgan fingerprint density at radius 3 is 1.27 bits per heavy atom. The highest BCUT2D eigenvalue weighted by molar-refractivity contribution is 6.06. The van der Waals surface area contributed by atoms with E-state index in [0.717, 1.165) is 50.8 Å². The van der Waals surface area contributed by atoms with Gasteiger partial charge in [0.25, 0.3) is 0 Å². The van der Waals surface area contributed by atoms with Gasteiger partial charge < -0.3 is 14.2 Å². The molecule has 0 spiro atoms. The monoisotopic (exact) mass is 712 g/mol. The molecule has 55 heavy (non-hydrogen) atoms. The van der Waals surface area contributed by atoms with Crippen LogP contribution in [0.4, 0.5) is 34.1 Å². The van der Waals surface area contributed by atoms with Crippen LogP contribution in [0.3, 0.4) is 0 Å². The van der Waals surface area contributed by atoms with Gasteiger partial charge in [-0.25, -0.2) is 0 Å². The fourth-order valence-corrected chi connectivity index (χ4v) is 11.3. The molecule has 0 unspecified atom stereocenters. The highest BCUT2D eigenvalue weighted by Gasteiger charge is 2.58. The van der Waals surface area contributed by atoms with Crippen LogP contribution < -0.4 is 9.80 Å². The molecule has 1 aromatic heterocycles. The van der Waals surface area contributed by atoms with Crippen molar-refractivity contribution in [1.82, 2.24) is 0 Å².